The predicted molar refractivity (Wildman–Crippen MR) is 57.6 cm³/mol. The van der Waals surface area contributed by atoms with Gasteiger partial charge in [0.2, 0.25) is 0 Å². The summed E-state index contributed by atoms with van der Waals surface area (Å²) in [5.41, 5.74) is 0.915. The first-order valence-electron chi connectivity index (χ1n) is 5.25. The summed E-state index contributed by atoms with van der Waals surface area (Å²) in [5.74, 6) is 0. The van der Waals surface area contributed by atoms with Crippen molar-refractivity contribution < 1.29 is 9.47 Å². The number of nitrogens with zero attached hydrogens (tertiary/aromatic N) is 2. The standard InChI is InChI=1S/C10H13BrN2O2/c1-2-13-9(7(11)5-12-13)10-6-14-4-3-8(10)15-10/h5,8H,2-4,6H2,1H3/t8-,10+/m0/s1. The summed E-state index contributed by atoms with van der Waals surface area (Å²) in [7, 11) is 0. The molecule has 1 aromatic rings. The topological polar surface area (TPSA) is 39.6 Å². The maximum atomic E-state index is 5.82. The van der Waals surface area contributed by atoms with Gasteiger partial charge in [0.25, 0.3) is 0 Å². The third kappa shape index (κ3) is 1.30. The second-order valence-electron chi connectivity index (χ2n) is 3.99. The monoisotopic (exact) mass is 272 g/mol. The van der Waals surface area contributed by atoms with Crippen LogP contribution < -0.4 is 0 Å². The maximum absolute atomic E-state index is 5.82. The number of epoxide rings is 1. The number of fused-ring (bicyclic) bond motifs is 1. The van der Waals surface area contributed by atoms with Gasteiger partial charge in [-0.2, -0.15) is 5.10 Å². The summed E-state index contributed by atoms with van der Waals surface area (Å²) in [4.78, 5) is 0. The third-order valence-corrected chi connectivity index (χ3v) is 3.73. The number of aryl methyl sites for hydroxylation is 1. The average Bonchev–Trinajstić information content (AvgIpc) is 2.87. The second kappa shape index (κ2) is 3.30. The summed E-state index contributed by atoms with van der Waals surface area (Å²) in [5, 5.41) is 4.32. The molecule has 4 nitrogen and oxygen atoms in total. The van der Waals surface area contributed by atoms with E-state index in [-0.39, 0.29) is 5.60 Å². The van der Waals surface area contributed by atoms with Crippen molar-refractivity contribution in [3.05, 3.63) is 16.4 Å². The zero-order valence-corrected chi connectivity index (χ0v) is 10.2. The second-order valence-corrected chi connectivity index (χ2v) is 4.85. The van der Waals surface area contributed by atoms with Crippen LogP contribution in [0.15, 0.2) is 10.7 Å². The van der Waals surface area contributed by atoms with Gasteiger partial charge in [-0.1, -0.05) is 0 Å². The summed E-state index contributed by atoms with van der Waals surface area (Å²) in [6.07, 6.45) is 3.15. The van der Waals surface area contributed by atoms with Crippen LogP contribution in [0.25, 0.3) is 0 Å². The van der Waals surface area contributed by atoms with E-state index < -0.39 is 0 Å². The minimum absolute atomic E-state index is 0.219. The van der Waals surface area contributed by atoms with Crippen LogP contribution in [0.4, 0.5) is 0 Å². The van der Waals surface area contributed by atoms with Gasteiger partial charge >= 0.3 is 0 Å². The van der Waals surface area contributed by atoms with Crippen LogP contribution in [-0.2, 0) is 21.6 Å². The molecular weight excluding hydrogens is 260 g/mol. The van der Waals surface area contributed by atoms with Crippen LogP contribution in [0.2, 0.25) is 0 Å². The van der Waals surface area contributed by atoms with Crippen LogP contribution in [0.3, 0.4) is 0 Å². The van der Waals surface area contributed by atoms with E-state index in [4.69, 9.17) is 9.47 Å². The quantitative estimate of drug-likeness (QED) is 0.770. The van der Waals surface area contributed by atoms with Crippen LogP contribution in [0.1, 0.15) is 19.0 Å². The smallest absolute Gasteiger partial charge is 0.160 e. The zero-order valence-electron chi connectivity index (χ0n) is 8.57. The van der Waals surface area contributed by atoms with Crippen LogP contribution in [0, 0.1) is 0 Å². The van der Waals surface area contributed by atoms with Crippen molar-refractivity contribution >= 4 is 15.9 Å². The Balaban J connectivity index is 2.01. The van der Waals surface area contributed by atoms with Crippen molar-refractivity contribution in [1.82, 2.24) is 9.78 Å². The molecule has 0 aromatic carbocycles. The van der Waals surface area contributed by atoms with E-state index in [0.717, 1.165) is 29.7 Å². The first kappa shape index (κ1) is 9.81. The number of hydrogen-bond donors (Lipinski definition) is 0. The summed E-state index contributed by atoms with van der Waals surface area (Å²) < 4.78 is 14.3. The SMILES string of the molecule is CCn1ncc(Br)c1[C@@]12COCC[C@@H]1O2. The molecule has 0 unspecified atom stereocenters. The molecule has 2 aliphatic rings. The molecule has 2 atom stereocenters. The highest BCUT2D eigenvalue weighted by Gasteiger charge is 2.62. The molecule has 1 aromatic heterocycles. The van der Waals surface area contributed by atoms with Crippen molar-refractivity contribution in [3.63, 3.8) is 0 Å². The van der Waals surface area contributed by atoms with E-state index >= 15 is 0 Å². The Morgan fingerprint density at radius 3 is 3.33 bits per heavy atom. The molecule has 0 saturated carbocycles. The molecule has 0 radical (unpaired) electrons. The Morgan fingerprint density at radius 1 is 1.73 bits per heavy atom. The molecule has 2 saturated heterocycles. The molecule has 2 aliphatic heterocycles. The fourth-order valence-electron chi connectivity index (χ4n) is 2.35. The van der Waals surface area contributed by atoms with Crippen LogP contribution in [0.5, 0.6) is 0 Å². The molecule has 0 aliphatic carbocycles. The van der Waals surface area contributed by atoms with Gasteiger partial charge in [-0.05, 0) is 22.9 Å². The van der Waals surface area contributed by atoms with Crippen LogP contribution >= 0.6 is 15.9 Å². The number of halogens is 1. The lowest BCUT2D eigenvalue weighted by Crippen LogP contribution is -2.29. The van der Waals surface area contributed by atoms with E-state index in [1.807, 2.05) is 10.9 Å². The fraction of sp³-hybridized carbons (Fsp3) is 0.700. The van der Waals surface area contributed by atoms with E-state index in [1.54, 1.807) is 0 Å². The predicted octanol–water partition coefficient (Wildman–Crippen LogP) is 1.68. The molecule has 3 rings (SSSR count). The zero-order chi connectivity index (χ0) is 10.5. The molecule has 0 N–H and O–H groups in total. The lowest BCUT2D eigenvalue weighted by molar-refractivity contribution is 0.0678. The molecule has 0 spiro atoms. The van der Waals surface area contributed by atoms with Gasteiger partial charge in [-0.15, -0.1) is 0 Å². The van der Waals surface area contributed by atoms with Crippen molar-refractivity contribution in [2.75, 3.05) is 13.2 Å². The Kier molecular flexibility index (Phi) is 2.16. The van der Waals surface area contributed by atoms with Crippen LogP contribution in [-0.4, -0.2) is 29.1 Å². The molecule has 5 heteroatoms. The third-order valence-electron chi connectivity index (χ3n) is 3.15. The average molecular weight is 273 g/mol. The molecule has 0 amide bonds. The lowest BCUT2D eigenvalue weighted by atomic mass is 9.98. The maximum Gasteiger partial charge on any atom is 0.160 e. The first-order valence-corrected chi connectivity index (χ1v) is 6.04. The van der Waals surface area contributed by atoms with Gasteiger partial charge in [0.05, 0.1) is 29.1 Å². The summed E-state index contributed by atoms with van der Waals surface area (Å²) in [6, 6.07) is 0. The van der Waals surface area contributed by atoms with Gasteiger partial charge in [0, 0.05) is 19.6 Å². The first-order chi connectivity index (χ1) is 7.28. The van der Waals surface area contributed by atoms with E-state index in [1.165, 1.54) is 0 Å². The van der Waals surface area contributed by atoms with E-state index in [9.17, 15) is 0 Å². The number of hydrogen-bond acceptors (Lipinski definition) is 3. The number of ether oxygens (including phenoxy) is 2. The highest BCUT2D eigenvalue weighted by molar-refractivity contribution is 9.10. The Hall–Kier alpha value is -0.390. The van der Waals surface area contributed by atoms with E-state index in [0.29, 0.717) is 12.7 Å². The normalized spacial score (nSPS) is 33.9. The largest absolute Gasteiger partial charge is 0.378 e. The van der Waals surface area contributed by atoms with Gasteiger partial charge in [0.15, 0.2) is 5.60 Å². The van der Waals surface area contributed by atoms with Gasteiger partial charge in [-0.3, -0.25) is 4.68 Å². The van der Waals surface area contributed by atoms with Crippen molar-refractivity contribution in [2.24, 2.45) is 0 Å². The molecular formula is C10H13BrN2O2. The van der Waals surface area contributed by atoms with Gasteiger partial charge in [-0.25, -0.2) is 0 Å². The molecule has 3 heterocycles. The molecule has 2 fully saturated rings. The van der Waals surface area contributed by atoms with Crippen molar-refractivity contribution in [1.29, 1.82) is 0 Å². The Morgan fingerprint density at radius 2 is 2.60 bits per heavy atom. The lowest BCUT2D eigenvalue weighted by Gasteiger charge is -2.19. The highest BCUT2D eigenvalue weighted by Crippen LogP contribution is 2.52. The van der Waals surface area contributed by atoms with Gasteiger partial charge in [0.1, 0.15) is 0 Å². The molecule has 82 valence electrons. The Labute approximate surface area is 96.7 Å². The summed E-state index contributed by atoms with van der Waals surface area (Å²) >= 11 is 3.54. The number of rotatable bonds is 2. The minimum atomic E-state index is -0.219. The van der Waals surface area contributed by atoms with Crippen molar-refractivity contribution in [2.45, 2.75) is 31.6 Å². The minimum Gasteiger partial charge on any atom is -0.378 e. The number of aromatic nitrogens is 2. The molecule has 0 bridgehead atoms. The molecule has 15 heavy (non-hydrogen) atoms. The van der Waals surface area contributed by atoms with E-state index in [2.05, 4.69) is 28.0 Å². The fourth-order valence-corrected chi connectivity index (χ4v) is 2.98. The van der Waals surface area contributed by atoms with Crippen molar-refractivity contribution in [3.8, 4) is 0 Å². The summed E-state index contributed by atoms with van der Waals surface area (Å²) in [6.45, 7) is 4.41. The highest BCUT2D eigenvalue weighted by atomic mass is 79.9. The van der Waals surface area contributed by atoms with Gasteiger partial charge < -0.3 is 9.47 Å². The Bertz CT molecular complexity index is 393.